The number of hydrogen-bond donors (Lipinski definition) is 1. The Morgan fingerprint density at radius 3 is 2.39 bits per heavy atom. The third-order valence-corrected chi connectivity index (χ3v) is 3.62. The Morgan fingerprint density at radius 1 is 1.28 bits per heavy atom. The first-order valence-corrected chi connectivity index (χ1v) is 6.39. The summed E-state index contributed by atoms with van der Waals surface area (Å²) in [6.45, 7) is 10.2. The van der Waals surface area contributed by atoms with Crippen LogP contribution in [0.5, 0.6) is 0 Å². The highest BCUT2D eigenvalue weighted by atomic mass is 16.6. The van der Waals surface area contributed by atoms with Gasteiger partial charge in [0.1, 0.15) is 0 Å². The van der Waals surface area contributed by atoms with Crippen LogP contribution in [0.2, 0.25) is 0 Å². The van der Waals surface area contributed by atoms with Crippen LogP contribution in [0, 0.1) is 29.9 Å². The van der Waals surface area contributed by atoms with Crippen LogP contribution in [0.25, 0.3) is 0 Å². The van der Waals surface area contributed by atoms with Gasteiger partial charge in [0, 0.05) is 23.4 Å². The van der Waals surface area contributed by atoms with E-state index in [1.54, 1.807) is 13.0 Å². The van der Waals surface area contributed by atoms with Crippen LogP contribution in [0.4, 0.5) is 11.4 Å². The van der Waals surface area contributed by atoms with Crippen molar-refractivity contribution < 1.29 is 4.92 Å². The Kier molecular flexibility index (Phi) is 4.70. The van der Waals surface area contributed by atoms with Crippen LogP contribution < -0.4 is 5.32 Å². The Labute approximate surface area is 109 Å². The average molecular weight is 250 g/mol. The molecule has 0 radical (unpaired) electrons. The highest BCUT2D eigenvalue weighted by molar-refractivity contribution is 5.60. The zero-order valence-corrected chi connectivity index (χ0v) is 11.8. The predicted molar refractivity (Wildman–Crippen MR) is 75.1 cm³/mol. The van der Waals surface area contributed by atoms with E-state index in [9.17, 15) is 10.1 Å². The minimum atomic E-state index is -0.326. The lowest BCUT2D eigenvalue weighted by Gasteiger charge is -2.22. The quantitative estimate of drug-likeness (QED) is 0.633. The molecule has 1 rings (SSSR count). The van der Waals surface area contributed by atoms with E-state index in [1.165, 1.54) is 0 Å². The molecule has 0 amide bonds. The van der Waals surface area contributed by atoms with Gasteiger partial charge in [0.15, 0.2) is 0 Å². The highest BCUT2D eigenvalue weighted by Crippen LogP contribution is 2.27. The van der Waals surface area contributed by atoms with E-state index in [0.717, 1.165) is 17.7 Å². The number of rotatable bonds is 5. The van der Waals surface area contributed by atoms with Crippen molar-refractivity contribution >= 4 is 11.4 Å². The topological polar surface area (TPSA) is 55.2 Å². The molecule has 0 spiro atoms. The molecule has 0 aliphatic rings. The first-order valence-electron chi connectivity index (χ1n) is 6.39. The molecule has 1 N–H and O–H groups in total. The zero-order chi connectivity index (χ0) is 13.9. The van der Waals surface area contributed by atoms with Crippen LogP contribution in [0.15, 0.2) is 12.1 Å². The number of nitro benzene ring substituents is 1. The summed E-state index contributed by atoms with van der Waals surface area (Å²) < 4.78 is 0. The summed E-state index contributed by atoms with van der Waals surface area (Å²) in [6.07, 6.45) is 1.08. The molecular formula is C14H22N2O2. The fourth-order valence-corrected chi connectivity index (χ4v) is 1.93. The summed E-state index contributed by atoms with van der Waals surface area (Å²) in [5.74, 6) is 0.532. The van der Waals surface area contributed by atoms with E-state index in [2.05, 4.69) is 26.1 Å². The number of nitro groups is 1. The lowest BCUT2D eigenvalue weighted by atomic mass is 9.99. The minimum absolute atomic E-state index is 0.180. The molecule has 2 atom stereocenters. The van der Waals surface area contributed by atoms with Crippen LogP contribution in [-0.2, 0) is 0 Å². The molecule has 0 fully saturated rings. The van der Waals surface area contributed by atoms with Crippen molar-refractivity contribution in [1.82, 2.24) is 0 Å². The van der Waals surface area contributed by atoms with Crippen LogP contribution >= 0.6 is 0 Å². The van der Waals surface area contributed by atoms with Crippen LogP contribution in [-0.4, -0.2) is 11.0 Å². The van der Waals surface area contributed by atoms with Gasteiger partial charge in [-0.05, 0) is 38.3 Å². The maximum absolute atomic E-state index is 10.9. The molecule has 2 unspecified atom stereocenters. The number of nitrogens with zero attached hydrogens (tertiary/aromatic N) is 1. The average Bonchev–Trinajstić information content (AvgIpc) is 2.30. The summed E-state index contributed by atoms with van der Waals surface area (Å²) in [7, 11) is 0. The fourth-order valence-electron chi connectivity index (χ4n) is 1.93. The van der Waals surface area contributed by atoms with E-state index in [-0.39, 0.29) is 10.6 Å². The molecule has 4 nitrogen and oxygen atoms in total. The molecule has 1 aromatic carbocycles. The third-order valence-electron chi connectivity index (χ3n) is 3.62. The van der Waals surface area contributed by atoms with Crippen LogP contribution in [0.1, 0.15) is 38.3 Å². The molecule has 0 heterocycles. The van der Waals surface area contributed by atoms with Crippen LogP contribution in [0.3, 0.4) is 0 Å². The van der Waals surface area contributed by atoms with Gasteiger partial charge in [0.25, 0.3) is 5.69 Å². The van der Waals surface area contributed by atoms with Crippen molar-refractivity contribution in [3.63, 3.8) is 0 Å². The zero-order valence-electron chi connectivity index (χ0n) is 11.8. The maximum atomic E-state index is 10.9. The second-order valence-electron chi connectivity index (χ2n) is 5.03. The van der Waals surface area contributed by atoms with Gasteiger partial charge < -0.3 is 5.32 Å². The van der Waals surface area contributed by atoms with Gasteiger partial charge in [-0.25, -0.2) is 0 Å². The molecular weight excluding hydrogens is 228 g/mol. The second-order valence-corrected chi connectivity index (χ2v) is 5.03. The summed E-state index contributed by atoms with van der Waals surface area (Å²) in [4.78, 5) is 10.6. The first-order chi connectivity index (χ1) is 8.36. The second kappa shape index (κ2) is 5.85. The molecule has 100 valence electrons. The van der Waals surface area contributed by atoms with Gasteiger partial charge in [-0.15, -0.1) is 0 Å². The largest absolute Gasteiger partial charge is 0.382 e. The van der Waals surface area contributed by atoms with Crippen molar-refractivity contribution in [3.8, 4) is 0 Å². The van der Waals surface area contributed by atoms with Crippen molar-refractivity contribution in [2.75, 3.05) is 5.32 Å². The standard InChI is InChI=1S/C14H22N2O2/c1-6-9(2)12(5)15-13-8-14(16(17)18)11(4)7-10(13)3/h7-9,12,15H,6H2,1-5H3. The molecule has 1 aromatic rings. The van der Waals surface area contributed by atoms with E-state index in [4.69, 9.17) is 0 Å². The summed E-state index contributed by atoms with van der Waals surface area (Å²) in [5.41, 5.74) is 2.80. The first kappa shape index (κ1) is 14.5. The summed E-state index contributed by atoms with van der Waals surface area (Å²) in [5, 5.41) is 14.3. The van der Waals surface area contributed by atoms with E-state index < -0.39 is 0 Å². The third kappa shape index (κ3) is 3.22. The lowest BCUT2D eigenvalue weighted by molar-refractivity contribution is -0.385. The molecule has 0 bridgehead atoms. The van der Waals surface area contributed by atoms with Gasteiger partial charge >= 0.3 is 0 Å². The van der Waals surface area contributed by atoms with Gasteiger partial charge in [0.05, 0.1) is 4.92 Å². The number of nitrogens with one attached hydrogen (secondary N) is 1. The fraction of sp³-hybridized carbons (Fsp3) is 0.571. The monoisotopic (exact) mass is 250 g/mol. The molecule has 0 aromatic heterocycles. The number of aryl methyl sites for hydroxylation is 2. The van der Waals surface area contributed by atoms with E-state index >= 15 is 0 Å². The normalized spacial score (nSPS) is 14.1. The van der Waals surface area contributed by atoms with Gasteiger partial charge in [-0.1, -0.05) is 20.3 Å². The highest BCUT2D eigenvalue weighted by Gasteiger charge is 2.16. The SMILES string of the molecule is CCC(C)C(C)Nc1cc([N+](=O)[O-])c(C)cc1C. The van der Waals surface area contributed by atoms with Crippen molar-refractivity contribution in [2.24, 2.45) is 5.92 Å². The van der Waals surface area contributed by atoms with Gasteiger partial charge in [-0.2, -0.15) is 0 Å². The lowest BCUT2D eigenvalue weighted by Crippen LogP contribution is -2.23. The number of hydrogen-bond acceptors (Lipinski definition) is 3. The molecule has 0 aliphatic carbocycles. The minimum Gasteiger partial charge on any atom is -0.382 e. The summed E-state index contributed by atoms with van der Waals surface area (Å²) in [6, 6.07) is 3.81. The van der Waals surface area contributed by atoms with E-state index in [0.29, 0.717) is 17.5 Å². The molecule has 18 heavy (non-hydrogen) atoms. The Balaban J connectivity index is 3.02. The summed E-state index contributed by atoms with van der Waals surface area (Å²) >= 11 is 0. The Hall–Kier alpha value is -1.58. The molecule has 0 saturated carbocycles. The van der Waals surface area contributed by atoms with Gasteiger partial charge in [-0.3, -0.25) is 10.1 Å². The Bertz CT molecular complexity index is 444. The Morgan fingerprint density at radius 2 is 1.89 bits per heavy atom. The van der Waals surface area contributed by atoms with Crippen molar-refractivity contribution in [3.05, 3.63) is 33.4 Å². The smallest absolute Gasteiger partial charge is 0.274 e. The number of benzene rings is 1. The van der Waals surface area contributed by atoms with Crippen molar-refractivity contribution in [2.45, 2.75) is 47.1 Å². The predicted octanol–water partition coefficient (Wildman–Crippen LogP) is 4.06. The van der Waals surface area contributed by atoms with Gasteiger partial charge in [0.2, 0.25) is 0 Å². The number of anilines is 1. The molecule has 0 saturated heterocycles. The van der Waals surface area contributed by atoms with Crippen molar-refractivity contribution in [1.29, 1.82) is 0 Å². The molecule has 0 aliphatic heterocycles. The molecule has 4 heteroatoms. The maximum Gasteiger partial charge on any atom is 0.274 e. The van der Waals surface area contributed by atoms with E-state index in [1.807, 2.05) is 13.0 Å².